The van der Waals surface area contributed by atoms with E-state index in [2.05, 4.69) is 4.98 Å². The molecule has 3 rings (SSSR count). The quantitative estimate of drug-likeness (QED) is 0.468. The molecule has 3 heterocycles. The van der Waals surface area contributed by atoms with Crippen molar-refractivity contribution in [1.29, 1.82) is 0 Å². The molecule has 0 amide bonds. The van der Waals surface area contributed by atoms with Crippen molar-refractivity contribution in [3.63, 3.8) is 0 Å². The van der Waals surface area contributed by atoms with Crippen molar-refractivity contribution >= 4 is 13.6 Å². The minimum absolute atomic E-state index is 0.0332. The number of fused-ring (bicyclic) bond motifs is 1. The standard InChI is InChI=1S/C19H30N3O8P/c1-11(2)29-16(24)18(3,4)10-28-31(26)9-12-13(8-27-31)30-15(19(12,5)20)22-7-6-14(23)21-17(22)25/h6-7,11-13,15H,8-10,20H2,1-5H3,(H,21,23,25)/t12-,13-,15-,19-,31?/m1/s1. The number of rotatable bonds is 6. The summed E-state index contributed by atoms with van der Waals surface area (Å²) in [6, 6.07) is 1.20. The van der Waals surface area contributed by atoms with Gasteiger partial charge in [0.2, 0.25) is 0 Å². The van der Waals surface area contributed by atoms with Crippen LogP contribution in [0.5, 0.6) is 0 Å². The first-order valence-electron chi connectivity index (χ1n) is 10.1. The van der Waals surface area contributed by atoms with E-state index in [1.807, 2.05) is 0 Å². The molecule has 5 atom stereocenters. The fourth-order valence-corrected chi connectivity index (χ4v) is 5.99. The van der Waals surface area contributed by atoms with E-state index in [4.69, 9.17) is 24.3 Å². The van der Waals surface area contributed by atoms with Gasteiger partial charge in [0.15, 0.2) is 6.23 Å². The number of aromatic amines is 1. The average Bonchev–Trinajstić information content (AvgIpc) is 2.90. The molecule has 0 bridgehead atoms. The molecule has 12 heteroatoms. The molecule has 0 aliphatic carbocycles. The van der Waals surface area contributed by atoms with Crippen molar-refractivity contribution < 1.29 is 27.9 Å². The van der Waals surface area contributed by atoms with Gasteiger partial charge in [-0.2, -0.15) is 0 Å². The van der Waals surface area contributed by atoms with Gasteiger partial charge in [-0.05, 0) is 34.6 Å². The number of hydrogen-bond acceptors (Lipinski definition) is 9. The molecule has 174 valence electrons. The third-order valence-corrected chi connectivity index (χ3v) is 7.47. The molecule has 1 aromatic heterocycles. The van der Waals surface area contributed by atoms with Gasteiger partial charge in [-0.3, -0.25) is 23.7 Å². The fraction of sp³-hybridized carbons (Fsp3) is 0.737. The van der Waals surface area contributed by atoms with Gasteiger partial charge >= 0.3 is 19.3 Å². The third kappa shape index (κ3) is 4.85. The number of nitrogens with two attached hydrogens (primary N) is 1. The van der Waals surface area contributed by atoms with Crippen LogP contribution >= 0.6 is 7.60 Å². The highest BCUT2D eigenvalue weighted by Gasteiger charge is 2.57. The smallest absolute Gasteiger partial charge is 0.331 e. The average molecular weight is 459 g/mol. The molecule has 0 aromatic carbocycles. The highest BCUT2D eigenvalue weighted by Crippen LogP contribution is 2.59. The fourth-order valence-electron chi connectivity index (χ4n) is 3.70. The Morgan fingerprint density at radius 1 is 1.45 bits per heavy atom. The number of hydrogen-bond donors (Lipinski definition) is 2. The van der Waals surface area contributed by atoms with E-state index < -0.39 is 54.0 Å². The number of aromatic nitrogens is 2. The summed E-state index contributed by atoms with van der Waals surface area (Å²) in [5.41, 5.74) is 3.23. The Balaban J connectivity index is 1.74. The first-order valence-corrected chi connectivity index (χ1v) is 11.8. The van der Waals surface area contributed by atoms with E-state index in [0.717, 1.165) is 0 Å². The zero-order chi connectivity index (χ0) is 23.2. The van der Waals surface area contributed by atoms with Crippen LogP contribution < -0.4 is 17.0 Å². The molecule has 31 heavy (non-hydrogen) atoms. The van der Waals surface area contributed by atoms with Crippen LogP contribution in [0.2, 0.25) is 0 Å². The van der Waals surface area contributed by atoms with Crippen molar-refractivity contribution in [3.8, 4) is 0 Å². The van der Waals surface area contributed by atoms with Gasteiger partial charge in [-0.15, -0.1) is 0 Å². The summed E-state index contributed by atoms with van der Waals surface area (Å²) in [4.78, 5) is 38.0. The van der Waals surface area contributed by atoms with E-state index in [9.17, 15) is 18.9 Å². The second-order valence-corrected chi connectivity index (χ2v) is 11.3. The minimum atomic E-state index is -3.58. The first-order chi connectivity index (χ1) is 14.2. The largest absolute Gasteiger partial charge is 0.462 e. The molecule has 2 aliphatic rings. The van der Waals surface area contributed by atoms with Crippen molar-refractivity contribution in [2.45, 2.75) is 58.6 Å². The maximum absolute atomic E-state index is 13.3. The lowest BCUT2D eigenvalue weighted by molar-refractivity contribution is -0.159. The molecular formula is C19H30N3O8P. The monoisotopic (exact) mass is 459 g/mol. The number of nitrogens with one attached hydrogen (secondary N) is 1. The van der Waals surface area contributed by atoms with E-state index >= 15 is 0 Å². The summed E-state index contributed by atoms with van der Waals surface area (Å²) in [6.45, 7) is 8.26. The molecule has 0 saturated carbocycles. The molecule has 0 spiro atoms. The minimum Gasteiger partial charge on any atom is -0.462 e. The topological polar surface area (TPSA) is 152 Å². The van der Waals surface area contributed by atoms with Crippen LogP contribution in [0.25, 0.3) is 0 Å². The highest BCUT2D eigenvalue weighted by molar-refractivity contribution is 7.53. The summed E-state index contributed by atoms with van der Waals surface area (Å²) < 4.78 is 36.8. The van der Waals surface area contributed by atoms with Gasteiger partial charge < -0.3 is 24.3 Å². The molecule has 2 saturated heterocycles. The number of H-pyrrole nitrogens is 1. The summed E-state index contributed by atoms with van der Waals surface area (Å²) in [5, 5.41) is 0. The second-order valence-electron chi connectivity index (χ2n) is 9.22. The van der Waals surface area contributed by atoms with Gasteiger partial charge in [-0.25, -0.2) is 4.79 Å². The maximum atomic E-state index is 13.3. The number of carbonyl (C=O) groups excluding carboxylic acids is 1. The number of nitrogens with zero attached hydrogens (tertiary/aromatic N) is 1. The molecular weight excluding hydrogens is 429 g/mol. The molecule has 2 aliphatic heterocycles. The molecule has 2 fully saturated rings. The van der Waals surface area contributed by atoms with Crippen LogP contribution in [-0.4, -0.2) is 52.6 Å². The summed E-state index contributed by atoms with van der Waals surface area (Å²) >= 11 is 0. The van der Waals surface area contributed by atoms with Gasteiger partial charge in [0.25, 0.3) is 5.56 Å². The molecule has 1 aromatic rings. The van der Waals surface area contributed by atoms with Gasteiger partial charge in [-0.1, -0.05) is 0 Å². The van der Waals surface area contributed by atoms with Crippen molar-refractivity contribution in [1.82, 2.24) is 9.55 Å². The summed E-state index contributed by atoms with van der Waals surface area (Å²) in [5.74, 6) is -0.906. The Morgan fingerprint density at radius 2 is 2.13 bits per heavy atom. The van der Waals surface area contributed by atoms with Crippen molar-refractivity contribution in [2.24, 2.45) is 17.1 Å². The zero-order valence-electron chi connectivity index (χ0n) is 18.3. The molecule has 3 N–H and O–H groups in total. The lowest BCUT2D eigenvalue weighted by Gasteiger charge is -2.37. The third-order valence-electron chi connectivity index (χ3n) is 5.56. The van der Waals surface area contributed by atoms with Gasteiger partial charge in [0, 0.05) is 18.2 Å². The Labute approximate surface area is 179 Å². The Bertz CT molecular complexity index is 998. The van der Waals surface area contributed by atoms with Gasteiger partial charge in [0.05, 0.1) is 42.5 Å². The number of carbonyl (C=O) groups is 1. The van der Waals surface area contributed by atoms with E-state index in [-0.39, 0.29) is 25.5 Å². The Hall–Kier alpha value is -1.78. The SMILES string of the molecule is CC(C)OC(=O)C(C)(C)COP1(=O)C[C@@H]2[C@@H](CO1)O[C@@H](n1ccc(=O)[nH]c1=O)[C@]2(C)N. The second kappa shape index (κ2) is 8.29. The lowest BCUT2D eigenvalue weighted by atomic mass is 9.85. The molecule has 0 radical (unpaired) electrons. The van der Waals surface area contributed by atoms with Crippen LogP contribution in [0, 0.1) is 11.3 Å². The van der Waals surface area contributed by atoms with Gasteiger partial charge in [0.1, 0.15) is 0 Å². The number of esters is 1. The Kier molecular flexibility index (Phi) is 6.38. The van der Waals surface area contributed by atoms with E-state index in [0.29, 0.717) is 0 Å². The van der Waals surface area contributed by atoms with Crippen LogP contribution in [-0.2, 0) is 27.9 Å². The maximum Gasteiger partial charge on any atom is 0.331 e. The normalized spacial score (nSPS) is 33.3. The van der Waals surface area contributed by atoms with Crippen molar-refractivity contribution in [3.05, 3.63) is 33.1 Å². The molecule has 1 unspecified atom stereocenters. The Morgan fingerprint density at radius 3 is 2.74 bits per heavy atom. The van der Waals surface area contributed by atoms with Crippen LogP contribution in [0.3, 0.4) is 0 Å². The zero-order valence-corrected chi connectivity index (χ0v) is 19.2. The first kappa shape index (κ1) is 23.9. The van der Waals surface area contributed by atoms with Crippen LogP contribution in [0.1, 0.15) is 40.8 Å². The number of ether oxygens (including phenoxy) is 2. The van der Waals surface area contributed by atoms with Crippen LogP contribution in [0.4, 0.5) is 0 Å². The molecule has 11 nitrogen and oxygen atoms in total. The van der Waals surface area contributed by atoms with Crippen molar-refractivity contribution in [2.75, 3.05) is 19.4 Å². The summed E-state index contributed by atoms with van der Waals surface area (Å²) in [6.07, 6.45) is -0.401. The highest BCUT2D eigenvalue weighted by atomic mass is 31.2. The predicted octanol–water partition coefficient (Wildman–Crippen LogP) is 0.985. The van der Waals surface area contributed by atoms with E-state index in [1.165, 1.54) is 16.8 Å². The lowest BCUT2D eigenvalue weighted by Crippen LogP contribution is -2.52. The van der Waals surface area contributed by atoms with E-state index in [1.54, 1.807) is 34.6 Å². The predicted molar refractivity (Wildman–Crippen MR) is 111 cm³/mol. The summed E-state index contributed by atoms with van der Waals surface area (Å²) in [7, 11) is -3.58. The van der Waals surface area contributed by atoms with Crippen LogP contribution in [0.15, 0.2) is 21.9 Å².